The first-order chi connectivity index (χ1) is 10.1. The quantitative estimate of drug-likeness (QED) is 0.843. The molecule has 2 aromatic rings. The smallest absolute Gasteiger partial charge is 0.255 e. The van der Waals surface area contributed by atoms with Crippen molar-refractivity contribution in [2.75, 3.05) is 11.9 Å². The summed E-state index contributed by atoms with van der Waals surface area (Å²) < 4.78 is 1.62. The second-order valence-corrected chi connectivity index (χ2v) is 4.72. The summed E-state index contributed by atoms with van der Waals surface area (Å²) in [5.41, 5.74) is 2.92. The molecule has 5 nitrogen and oxygen atoms in total. The van der Waals surface area contributed by atoms with Crippen molar-refractivity contribution >= 4 is 11.6 Å². The second-order valence-electron chi connectivity index (χ2n) is 4.72. The molecule has 1 amide bonds. The summed E-state index contributed by atoms with van der Waals surface area (Å²) in [6.45, 7) is 1.95. The summed E-state index contributed by atoms with van der Waals surface area (Å²) in [7, 11) is 1.79. The molecule has 0 atom stereocenters. The molecule has 21 heavy (non-hydrogen) atoms. The number of anilines is 1. The van der Waals surface area contributed by atoms with Crippen LogP contribution in [0.15, 0.2) is 30.6 Å². The summed E-state index contributed by atoms with van der Waals surface area (Å²) in [5, 5.41) is 15.5. The monoisotopic (exact) mass is 283 g/mol. The van der Waals surface area contributed by atoms with Gasteiger partial charge in [0.25, 0.3) is 5.91 Å². The molecule has 1 aromatic heterocycles. The molecule has 0 spiro atoms. The number of benzene rings is 1. The molecule has 0 saturated heterocycles. The Kier molecular flexibility index (Phi) is 4.75. The summed E-state index contributed by atoms with van der Waals surface area (Å²) in [4.78, 5) is 12.2. The van der Waals surface area contributed by atoms with E-state index < -0.39 is 0 Å². The van der Waals surface area contributed by atoms with Crippen LogP contribution < -0.4 is 5.32 Å². The van der Waals surface area contributed by atoms with Crippen LogP contribution >= 0.6 is 0 Å². The van der Waals surface area contributed by atoms with Gasteiger partial charge in [0.15, 0.2) is 0 Å². The summed E-state index contributed by atoms with van der Waals surface area (Å²) in [5.74, 6) is 5.60. The molecule has 1 aromatic carbocycles. The van der Waals surface area contributed by atoms with Gasteiger partial charge in [-0.2, -0.15) is 5.10 Å². The van der Waals surface area contributed by atoms with Crippen LogP contribution in [0, 0.1) is 18.8 Å². The number of nitrogens with zero attached hydrogens (tertiary/aromatic N) is 2. The third-order valence-electron chi connectivity index (χ3n) is 2.77. The Morgan fingerprint density at radius 1 is 1.43 bits per heavy atom. The third kappa shape index (κ3) is 4.20. The minimum atomic E-state index is -0.197. The van der Waals surface area contributed by atoms with E-state index in [2.05, 4.69) is 22.3 Å². The number of aromatic nitrogens is 2. The van der Waals surface area contributed by atoms with Crippen LogP contribution in [-0.2, 0) is 7.05 Å². The number of carbonyl (C=O) groups is 1. The van der Waals surface area contributed by atoms with Gasteiger partial charge < -0.3 is 10.4 Å². The molecule has 1 heterocycles. The van der Waals surface area contributed by atoms with Crippen molar-refractivity contribution in [1.29, 1.82) is 0 Å². The first-order valence-corrected chi connectivity index (χ1v) is 6.60. The van der Waals surface area contributed by atoms with E-state index in [0.29, 0.717) is 17.7 Å². The van der Waals surface area contributed by atoms with E-state index >= 15 is 0 Å². The molecule has 0 aliphatic rings. The van der Waals surface area contributed by atoms with Crippen LogP contribution in [0.4, 0.5) is 5.69 Å². The Bertz CT molecular complexity index is 708. The van der Waals surface area contributed by atoms with Crippen LogP contribution in [0.1, 0.15) is 27.9 Å². The maximum Gasteiger partial charge on any atom is 0.255 e. The van der Waals surface area contributed by atoms with Crippen LogP contribution in [0.3, 0.4) is 0 Å². The van der Waals surface area contributed by atoms with Gasteiger partial charge in [0.05, 0.1) is 18.5 Å². The van der Waals surface area contributed by atoms with Crippen molar-refractivity contribution in [3.63, 3.8) is 0 Å². The number of carbonyl (C=O) groups excluding carboxylic acids is 1. The zero-order chi connectivity index (χ0) is 15.2. The highest BCUT2D eigenvalue weighted by Gasteiger charge is 2.08. The van der Waals surface area contributed by atoms with Gasteiger partial charge in [-0.1, -0.05) is 11.8 Å². The van der Waals surface area contributed by atoms with Crippen molar-refractivity contribution in [3.8, 4) is 11.8 Å². The topological polar surface area (TPSA) is 67.2 Å². The van der Waals surface area contributed by atoms with E-state index in [0.717, 1.165) is 11.1 Å². The number of hydrogen-bond acceptors (Lipinski definition) is 3. The standard InChI is InChI=1S/C16H17N3O2/c1-12-7-13(5-3-4-6-20)9-14(8-12)16(21)18-15-10-17-19(2)11-15/h7-11,20H,4,6H2,1-2H3,(H,18,21). The molecular formula is C16H17N3O2. The highest BCUT2D eigenvalue weighted by molar-refractivity contribution is 6.04. The molecule has 0 aliphatic heterocycles. The summed E-state index contributed by atoms with van der Waals surface area (Å²) >= 11 is 0. The zero-order valence-electron chi connectivity index (χ0n) is 12.1. The molecule has 5 heteroatoms. The largest absolute Gasteiger partial charge is 0.395 e. The highest BCUT2D eigenvalue weighted by Crippen LogP contribution is 2.12. The van der Waals surface area contributed by atoms with E-state index in [1.807, 2.05) is 19.1 Å². The maximum atomic E-state index is 12.2. The first-order valence-electron chi connectivity index (χ1n) is 6.60. The fraction of sp³-hybridized carbons (Fsp3) is 0.250. The Hall–Kier alpha value is -2.58. The van der Waals surface area contributed by atoms with Crippen LogP contribution in [-0.4, -0.2) is 27.4 Å². The lowest BCUT2D eigenvalue weighted by Crippen LogP contribution is -2.11. The predicted molar refractivity (Wildman–Crippen MR) is 80.9 cm³/mol. The van der Waals surface area contributed by atoms with E-state index in [1.165, 1.54) is 0 Å². The van der Waals surface area contributed by atoms with Gasteiger partial charge in [0.2, 0.25) is 0 Å². The Morgan fingerprint density at radius 3 is 2.90 bits per heavy atom. The number of aliphatic hydroxyl groups excluding tert-OH is 1. The Labute approximate surface area is 123 Å². The van der Waals surface area contributed by atoms with Gasteiger partial charge >= 0.3 is 0 Å². The maximum absolute atomic E-state index is 12.2. The second kappa shape index (κ2) is 6.73. The average Bonchev–Trinajstić information content (AvgIpc) is 2.84. The van der Waals surface area contributed by atoms with Gasteiger partial charge in [0, 0.05) is 30.8 Å². The van der Waals surface area contributed by atoms with Gasteiger partial charge in [-0.05, 0) is 30.7 Å². The van der Waals surface area contributed by atoms with Crippen LogP contribution in [0.2, 0.25) is 0 Å². The van der Waals surface area contributed by atoms with Gasteiger partial charge in [-0.15, -0.1) is 0 Å². The SMILES string of the molecule is Cc1cc(C#CCCO)cc(C(=O)Nc2cnn(C)c2)c1. The van der Waals surface area contributed by atoms with Gasteiger partial charge in [-0.25, -0.2) is 0 Å². The molecule has 0 fully saturated rings. The van der Waals surface area contributed by atoms with E-state index in [1.54, 1.807) is 30.2 Å². The molecule has 0 aliphatic carbocycles. The minimum Gasteiger partial charge on any atom is -0.395 e. The highest BCUT2D eigenvalue weighted by atomic mass is 16.2. The van der Waals surface area contributed by atoms with E-state index in [4.69, 9.17) is 5.11 Å². The fourth-order valence-electron chi connectivity index (χ4n) is 1.90. The van der Waals surface area contributed by atoms with Crippen molar-refractivity contribution in [2.24, 2.45) is 7.05 Å². The minimum absolute atomic E-state index is 0.0349. The first kappa shape index (κ1) is 14.8. The molecular weight excluding hydrogens is 266 g/mol. The number of aliphatic hydroxyl groups is 1. The summed E-state index contributed by atoms with van der Waals surface area (Å²) in [6.07, 6.45) is 3.75. The number of aryl methyl sites for hydroxylation is 2. The Morgan fingerprint density at radius 2 is 2.24 bits per heavy atom. The molecule has 0 bridgehead atoms. The molecule has 0 unspecified atom stereocenters. The average molecular weight is 283 g/mol. The molecule has 0 radical (unpaired) electrons. The molecule has 2 N–H and O–H groups in total. The number of hydrogen-bond donors (Lipinski definition) is 2. The van der Waals surface area contributed by atoms with Crippen molar-refractivity contribution in [1.82, 2.24) is 9.78 Å². The summed E-state index contributed by atoms with van der Waals surface area (Å²) in [6, 6.07) is 5.46. The van der Waals surface area contributed by atoms with Crippen molar-refractivity contribution < 1.29 is 9.90 Å². The van der Waals surface area contributed by atoms with E-state index in [-0.39, 0.29) is 12.5 Å². The predicted octanol–water partition coefficient (Wildman–Crippen LogP) is 1.71. The lowest BCUT2D eigenvalue weighted by Gasteiger charge is -2.04. The zero-order valence-corrected chi connectivity index (χ0v) is 12.1. The fourth-order valence-corrected chi connectivity index (χ4v) is 1.90. The van der Waals surface area contributed by atoms with Crippen molar-refractivity contribution in [3.05, 3.63) is 47.3 Å². The van der Waals surface area contributed by atoms with E-state index in [9.17, 15) is 4.79 Å². The molecule has 0 saturated carbocycles. The number of nitrogens with one attached hydrogen (secondary N) is 1. The lowest BCUT2D eigenvalue weighted by atomic mass is 10.1. The van der Waals surface area contributed by atoms with Gasteiger partial charge in [-0.3, -0.25) is 9.48 Å². The molecule has 108 valence electrons. The Balaban J connectivity index is 2.19. The normalized spacial score (nSPS) is 9.86. The van der Waals surface area contributed by atoms with Gasteiger partial charge in [0.1, 0.15) is 0 Å². The molecule has 2 rings (SSSR count). The number of amides is 1. The lowest BCUT2D eigenvalue weighted by molar-refractivity contribution is 0.102. The van der Waals surface area contributed by atoms with Crippen molar-refractivity contribution in [2.45, 2.75) is 13.3 Å². The third-order valence-corrected chi connectivity index (χ3v) is 2.77. The number of rotatable bonds is 3. The van der Waals surface area contributed by atoms with Crippen LogP contribution in [0.5, 0.6) is 0 Å². The van der Waals surface area contributed by atoms with Crippen LogP contribution in [0.25, 0.3) is 0 Å².